The zero-order valence-electron chi connectivity index (χ0n) is 4.56. The average Bonchev–Trinajstić information content (AvgIpc) is 1.82. The fraction of sp³-hybridized carbons (Fsp3) is 1.00. The van der Waals surface area contributed by atoms with E-state index in [1.165, 1.54) is 0 Å². The number of rotatable bonds is 4. The van der Waals surface area contributed by atoms with Crippen LogP contribution >= 0.6 is 12.6 Å². The van der Waals surface area contributed by atoms with Gasteiger partial charge in [0, 0.05) is 5.75 Å². The Morgan fingerprint density at radius 2 is 2.20 bits per heavy atom. The first-order chi connectivity index (χ1) is 4.20. The molecule has 2 N–H and O–H groups in total. The Hall–Kier alpha value is 1.38. The second-order valence-electron chi connectivity index (χ2n) is 1.30. The predicted octanol–water partition coefficient (Wildman–Crippen LogP) is -1.22. The van der Waals surface area contributed by atoms with Crippen LogP contribution in [0.3, 0.4) is 0 Å². The maximum absolute atomic E-state index is 9.87. The molecular formula is C3H9NaO4S2. The normalized spacial score (nSPS) is 15.5. The van der Waals surface area contributed by atoms with E-state index in [9.17, 15) is 4.21 Å². The Balaban J connectivity index is 0. The molecule has 0 saturated heterocycles. The van der Waals surface area contributed by atoms with Crippen molar-refractivity contribution in [3.05, 3.63) is 0 Å². The summed E-state index contributed by atoms with van der Waals surface area (Å²) in [5, 5.41) is 8.36. The van der Waals surface area contributed by atoms with Crippen LogP contribution in [0.5, 0.6) is 0 Å². The Labute approximate surface area is 89.5 Å². The van der Waals surface area contributed by atoms with Gasteiger partial charge in [-0.05, 0) is 0 Å². The Kier molecular flexibility index (Phi) is 11.8. The number of aliphatic hydroxyl groups excluding tert-OH is 1. The molecule has 0 bridgehead atoms. The molecule has 4 nitrogen and oxygen atoms in total. The van der Waals surface area contributed by atoms with Gasteiger partial charge in [-0.25, -0.2) is 0 Å². The second-order valence-corrected chi connectivity index (χ2v) is 2.29. The standard InChI is InChI=1S/C3H8O4S2.Na.H/c4-1-3(2-8)7-9(5)6;;/h3-4,8H,1-2H2,(H,5,6);;. The van der Waals surface area contributed by atoms with Crippen LogP contribution in [0.4, 0.5) is 0 Å². The van der Waals surface area contributed by atoms with Crippen LogP contribution in [0.2, 0.25) is 0 Å². The van der Waals surface area contributed by atoms with Crippen molar-refractivity contribution < 1.29 is 18.1 Å². The van der Waals surface area contributed by atoms with E-state index in [0.29, 0.717) is 0 Å². The summed E-state index contributed by atoms with van der Waals surface area (Å²) in [5.74, 6) is 0.225. The topological polar surface area (TPSA) is 66.8 Å². The van der Waals surface area contributed by atoms with Crippen molar-refractivity contribution >= 4 is 53.5 Å². The summed E-state index contributed by atoms with van der Waals surface area (Å²) in [6.07, 6.45) is -0.654. The van der Waals surface area contributed by atoms with E-state index in [-0.39, 0.29) is 41.9 Å². The van der Waals surface area contributed by atoms with Gasteiger partial charge in [-0.15, -0.1) is 0 Å². The summed E-state index contributed by atoms with van der Waals surface area (Å²) in [4.78, 5) is 0. The second kappa shape index (κ2) is 8.48. The zero-order chi connectivity index (χ0) is 7.28. The first kappa shape index (κ1) is 13.9. The van der Waals surface area contributed by atoms with Crippen LogP contribution in [0.15, 0.2) is 0 Å². The van der Waals surface area contributed by atoms with Gasteiger partial charge in [0.1, 0.15) is 6.10 Å². The summed E-state index contributed by atoms with van der Waals surface area (Å²) in [7, 11) is 0. The van der Waals surface area contributed by atoms with Gasteiger partial charge in [-0.1, -0.05) is 0 Å². The van der Waals surface area contributed by atoms with Crippen molar-refractivity contribution in [3.8, 4) is 0 Å². The van der Waals surface area contributed by atoms with Crippen LogP contribution in [-0.2, 0) is 15.5 Å². The molecule has 0 saturated carbocycles. The fourth-order valence-corrected chi connectivity index (χ4v) is 0.888. The van der Waals surface area contributed by atoms with Crippen molar-refractivity contribution in [2.75, 3.05) is 12.4 Å². The van der Waals surface area contributed by atoms with Crippen LogP contribution in [-0.4, -0.2) is 61.9 Å². The number of aliphatic hydroxyl groups is 1. The van der Waals surface area contributed by atoms with E-state index in [4.69, 9.17) is 9.66 Å². The summed E-state index contributed by atoms with van der Waals surface area (Å²) in [6.45, 7) is -0.296. The van der Waals surface area contributed by atoms with Crippen LogP contribution in [0.1, 0.15) is 0 Å². The molecule has 0 amide bonds. The zero-order valence-corrected chi connectivity index (χ0v) is 6.27. The predicted molar refractivity (Wildman–Crippen MR) is 43.7 cm³/mol. The quantitative estimate of drug-likeness (QED) is 0.299. The molecule has 58 valence electrons. The molecule has 0 heterocycles. The number of hydrogen-bond acceptors (Lipinski definition) is 4. The first-order valence-electron chi connectivity index (χ1n) is 2.20. The van der Waals surface area contributed by atoms with Crippen molar-refractivity contribution in [1.29, 1.82) is 0 Å². The van der Waals surface area contributed by atoms with E-state index < -0.39 is 17.5 Å². The van der Waals surface area contributed by atoms with E-state index in [1.807, 2.05) is 0 Å². The molecule has 2 unspecified atom stereocenters. The number of thiol groups is 1. The summed E-state index contributed by atoms with van der Waals surface area (Å²) < 4.78 is 22.2. The Morgan fingerprint density at radius 1 is 1.70 bits per heavy atom. The van der Waals surface area contributed by atoms with Gasteiger partial charge in [0.15, 0.2) is 0 Å². The molecule has 7 heteroatoms. The Morgan fingerprint density at radius 3 is 2.30 bits per heavy atom. The molecule has 2 atom stereocenters. The molecule has 0 aliphatic heterocycles. The molecule has 0 fully saturated rings. The molecule has 0 rings (SSSR count). The van der Waals surface area contributed by atoms with Gasteiger partial charge >= 0.3 is 40.9 Å². The minimum absolute atomic E-state index is 0. The monoisotopic (exact) mass is 196 g/mol. The number of hydrogen-bond donors (Lipinski definition) is 3. The summed E-state index contributed by atoms with van der Waals surface area (Å²) in [5.41, 5.74) is 0. The Bertz CT molecular complexity index is 96.5. The molecule has 0 aliphatic carbocycles. The average molecular weight is 196 g/mol. The maximum atomic E-state index is 9.87. The van der Waals surface area contributed by atoms with E-state index in [0.717, 1.165) is 0 Å². The van der Waals surface area contributed by atoms with Crippen LogP contribution < -0.4 is 0 Å². The van der Waals surface area contributed by atoms with Gasteiger partial charge in [0.05, 0.1) is 6.61 Å². The van der Waals surface area contributed by atoms with Crippen LogP contribution in [0, 0.1) is 0 Å². The summed E-state index contributed by atoms with van der Waals surface area (Å²) >= 11 is 1.44. The third-order valence-electron chi connectivity index (χ3n) is 0.626. The molecule has 0 spiro atoms. The fourth-order valence-electron chi connectivity index (χ4n) is 0.235. The van der Waals surface area contributed by atoms with E-state index >= 15 is 0 Å². The van der Waals surface area contributed by atoms with Crippen LogP contribution in [0.25, 0.3) is 0 Å². The van der Waals surface area contributed by atoms with Gasteiger partial charge < -0.3 is 5.11 Å². The van der Waals surface area contributed by atoms with Gasteiger partial charge in [0.2, 0.25) is 0 Å². The molecular weight excluding hydrogens is 187 g/mol. The van der Waals surface area contributed by atoms with Gasteiger partial charge in [-0.2, -0.15) is 16.8 Å². The SMILES string of the molecule is O=S(O)OC(CO)CS.[NaH]. The van der Waals surface area contributed by atoms with Crippen molar-refractivity contribution in [1.82, 2.24) is 0 Å². The molecule has 0 aromatic heterocycles. The van der Waals surface area contributed by atoms with Crippen molar-refractivity contribution in [3.63, 3.8) is 0 Å². The molecule has 10 heavy (non-hydrogen) atoms. The van der Waals surface area contributed by atoms with Gasteiger partial charge in [-0.3, -0.25) is 8.74 Å². The third kappa shape index (κ3) is 7.49. The van der Waals surface area contributed by atoms with Crippen molar-refractivity contribution in [2.24, 2.45) is 0 Å². The van der Waals surface area contributed by atoms with Crippen molar-refractivity contribution in [2.45, 2.75) is 6.10 Å². The summed E-state index contributed by atoms with van der Waals surface area (Å²) in [6, 6.07) is 0. The van der Waals surface area contributed by atoms with E-state index in [2.05, 4.69) is 16.8 Å². The molecule has 0 aromatic rings. The molecule has 0 radical (unpaired) electrons. The molecule has 0 aliphatic rings. The minimum atomic E-state index is -2.30. The third-order valence-corrected chi connectivity index (χ3v) is 1.47. The molecule has 0 aromatic carbocycles. The first-order valence-corrected chi connectivity index (χ1v) is 3.86. The van der Waals surface area contributed by atoms with E-state index in [1.54, 1.807) is 0 Å². The van der Waals surface area contributed by atoms with Gasteiger partial charge in [0.25, 0.3) is 0 Å².